The Bertz CT molecular complexity index is 796. The Morgan fingerprint density at radius 3 is 2.27 bits per heavy atom. The molecule has 0 spiro atoms. The fraction of sp³-hybridized carbons (Fsp3) is 0.0556. The summed E-state index contributed by atoms with van der Waals surface area (Å²) >= 11 is 1.53. The maximum absolute atomic E-state index is 9.36. The van der Waals surface area contributed by atoms with Gasteiger partial charge < -0.3 is 0 Å². The second-order valence-electron chi connectivity index (χ2n) is 4.70. The molecule has 4 heteroatoms. The van der Waals surface area contributed by atoms with Crippen molar-refractivity contribution in [1.82, 2.24) is 10.2 Å². The summed E-state index contributed by atoms with van der Waals surface area (Å²) in [5.74, 6) is 0.773. The van der Waals surface area contributed by atoms with Gasteiger partial charge in [0, 0.05) is 11.3 Å². The monoisotopic (exact) mass is 303 g/mol. The summed E-state index contributed by atoms with van der Waals surface area (Å²) in [6.07, 6.45) is 0. The third-order valence-corrected chi connectivity index (χ3v) is 4.22. The maximum Gasteiger partial charge on any atom is 0.137 e. The van der Waals surface area contributed by atoms with Crippen LogP contribution in [0, 0.1) is 11.3 Å². The lowest BCUT2D eigenvalue weighted by atomic mass is 10.1. The Kier molecular flexibility index (Phi) is 4.47. The first-order chi connectivity index (χ1) is 10.9. The highest BCUT2D eigenvalue weighted by Gasteiger charge is 2.09. The van der Waals surface area contributed by atoms with Crippen molar-refractivity contribution in [2.75, 3.05) is 0 Å². The van der Waals surface area contributed by atoms with Crippen LogP contribution in [0.15, 0.2) is 71.8 Å². The van der Waals surface area contributed by atoms with Crippen LogP contribution in [0.4, 0.5) is 0 Å². The van der Waals surface area contributed by atoms with Crippen molar-refractivity contribution in [2.45, 2.75) is 10.8 Å². The van der Waals surface area contributed by atoms with Crippen molar-refractivity contribution in [3.63, 3.8) is 0 Å². The van der Waals surface area contributed by atoms with Gasteiger partial charge in [0.15, 0.2) is 0 Å². The third-order valence-electron chi connectivity index (χ3n) is 3.17. The van der Waals surface area contributed by atoms with Crippen LogP contribution < -0.4 is 0 Å². The predicted molar refractivity (Wildman–Crippen MR) is 88.2 cm³/mol. The van der Waals surface area contributed by atoms with Gasteiger partial charge in [-0.1, -0.05) is 72.4 Å². The fourth-order valence-corrected chi connectivity index (χ4v) is 2.90. The van der Waals surface area contributed by atoms with Crippen LogP contribution >= 0.6 is 11.8 Å². The van der Waals surface area contributed by atoms with Gasteiger partial charge in [0.25, 0.3) is 0 Å². The molecule has 0 saturated heterocycles. The van der Waals surface area contributed by atoms with Gasteiger partial charge in [-0.3, -0.25) is 0 Å². The Morgan fingerprint density at radius 2 is 1.59 bits per heavy atom. The minimum Gasteiger partial charge on any atom is -0.192 e. The molecule has 3 nitrogen and oxygen atoms in total. The van der Waals surface area contributed by atoms with Crippen LogP contribution in [0.3, 0.4) is 0 Å². The van der Waals surface area contributed by atoms with Crippen LogP contribution in [0.25, 0.3) is 11.3 Å². The average molecular weight is 303 g/mol. The first-order valence-corrected chi connectivity index (χ1v) is 7.85. The zero-order chi connectivity index (χ0) is 15.2. The molecule has 0 aliphatic carbocycles. The first-order valence-electron chi connectivity index (χ1n) is 6.87. The molecule has 1 aromatic heterocycles. The van der Waals surface area contributed by atoms with E-state index in [4.69, 9.17) is 0 Å². The fourth-order valence-electron chi connectivity index (χ4n) is 2.04. The quantitative estimate of drug-likeness (QED) is 0.674. The summed E-state index contributed by atoms with van der Waals surface area (Å²) in [4.78, 5) is 0. The van der Waals surface area contributed by atoms with Crippen LogP contribution in [0.1, 0.15) is 11.1 Å². The highest BCUT2D eigenvalue weighted by atomic mass is 32.2. The van der Waals surface area contributed by atoms with Gasteiger partial charge in [-0.25, -0.2) is 0 Å². The van der Waals surface area contributed by atoms with E-state index < -0.39 is 0 Å². The first kappa shape index (κ1) is 14.3. The van der Waals surface area contributed by atoms with E-state index in [0.29, 0.717) is 10.6 Å². The van der Waals surface area contributed by atoms with E-state index in [-0.39, 0.29) is 0 Å². The summed E-state index contributed by atoms with van der Waals surface area (Å²) < 4.78 is 0. The second kappa shape index (κ2) is 6.88. The molecule has 3 aromatic rings. The molecule has 0 N–H and O–H groups in total. The van der Waals surface area contributed by atoms with Gasteiger partial charge in [-0.2, -0.15) is 5.26 Å². The number of hydrogen-bond donors (Lipinski definition) is 0. The summed E-state index contributed by atoms with van der Waals surface area (Å²) in [6, 6.07) is 23.9. The van der Waals surface area contributed by atoms with E-state index in [9.17, 15) is 5.26 Å². The lowest BCUT2D eigenvalue weighted by Gasteiger charge is -2.05. The van der Waals surface area contributed by atoms with E-state index in [2.05, 4.69) is 28.4 Å². The standard InChI is InChI=1S/C18H13N3S/c19-12-16-11-17(15-9-5-2-6-10-15)20-21-18(16)22-13-14-7-3-1-4-8-14/h1-11H,13H2. The lowest BCUT2D eigenvalue weighted by molar-refractivity contribution is 0.926. The summed E-state index contributed by atoms with van der Waals surface area (Å²) in [5.41, 5.74) is 3.45. The van der Waals surface area contributed by atoms with Gasteiger partial charge >= 0.3 is 0 Å². The largest absolute Gasteiger partial charge is 0.192 e. The molecule has 0 atom stereocenters. The topological polar surface area (TPSA) is 49.6 Å². The molecule has 0 unspecified atom stereocenters. The lowest BCUT2D eigenvalue weighted by Crippen LogP contribution is -1.94. The van der Waals surface area contributed by atoms with E-state index in [1.807, 2.05) is 48.5 Å². The number of thioether (sulfide) groups is 1. The molecule has 0 fully saturated rings. The van der Waals surface area contributed by atoms with Crippen molar-refractivity contribution in [2.24, 2.45) is 0 Å². The molecule has 1 heterocycles. The van der Waals surface area contributed by atoms with E-state index in [1.165, 1.54) is 17.3 Å². The molecule has 2 aromatic carbocycles. The number of rotatable bonds is 4. The maximum atomic E-state index is 9.36. The van der Waals surface area contributed by atoms with Crippen molar-refractivity contribution in [1.29, 1.82) is 5.26 Å². The van der Waals surface area contributed by atoms with Gasteiger partial charge in [0.2, 0.25) is 0 Å². The zero-order valence-corrected chi connectivity index (χ0v) is 12.6. The van der Waals surface area contributed by atoms with Crippen molar-refractivity contribution < 1.29 is 0 Å². The molecule has 0 amide bonds. The molecule has 3 rings (SSSR count). The minimum atomic E-state index is 0.565. The van der Waals surface area contributed by atoms with E-state index >= 15 is 0 Å². The Morgan fingerprint density at radius 1 is 0.909 bits per heavy atom. The summed E-state index contributed by atoms with van der Waals surface area (Å²) in [7, 11) is 0. The van der Waals surface area contributed by atoms with Crippen LogP contribution in [-0.2, 0) is 5.75 Å². The van der Waals surface area contributed by atoms with Crippen LogP contribution in [0.5, 0.6) is 0 Å². The van der Waals surface area contributed by atoms with E-state index in [0.717, 1.165) is 17.0 Å². The van der Waals surface area contributed by atoms with Gasteiger partial charge in [-0.05, 0) is 11.6 Å². The van der Waals surface area contributed by atoms with E-state index in [1.54, 1.807) is 6.07 Å². The zero-order valence-electron chi connectivity index (χ0n) is 11.8. The Balaban J connectivity index is 1.83. The van der Waals surface area contributed by atoms with Crippen molar-refractivity contribution >= 4 is 11.8 Å². The molecule has 0 bridgehead atoms. The number of hydrogen-bond acceptors (Lipinski definition) is 4. The highest BCUT2D eigenvalue weighted by molar-refractivity contribution is 7.98. The number of nitrogens with zero attached hydrogens (tertiary/aromatic N) is 3. The normalized spacial score (nSPS) is 10.1. The number of nitriles is 1. The highest BCUT2D eigenvalue weighted by Crippen LogP contribution is 2.26. The average Bonchev–Trinajstić information content (AvgIpc) is 2.61. The summed E-state index contributed by atoms with van der Waals surface area (Å²) in [6.45, 7) is 0. The molecule has 106 valence electrons. The smallest absolute Gasteiger partial charge is 0.137 e. The molecule has 0 radical (unpaired) electrons. The third kappa shape index (κ3) is 3.33. The van der Waals surface area contributed by atoms with Crippen LogP contribution in [-0.4, -0.2) is 10.2 Å². The number of benzene rings is 2. The molecule has 0 aliphatic rings. The molecule has 22 heavy (non-hydrogen) atoms. The van der Waals surface area contributed by atoms with Gasteiger partial charge in [0.05, 0.1) is 11.3 Å². The van der Waals surface area contributed by atoms with Crippen LogP contribution in [0.2, 0.25) is 0 Å². The molecular weight excluding hydrogens is 290 g/mol. The Labute approximate surface area is 133 Å². The van der Waals surface area contributed by atoms with Gasteiger partial charge in [-0.15, -0.1) is 10.2 Å². The van der Waals surface area contributed by atoms with Crippen molar-refractivity contribution in [3.8, 4) is 17.3 Å². The molecule has 0 aliphatic heterocycles. The number of aromatic nitrogens is 2. The molecule has 0 saturated carbocycles. The van der Waals surface area contributed by atoms with Gasteiger partial charge in [0.1, 0.15) is 11.1 Å². The second-order valence-corrected chi connectivity index (χ2v) is 5.66. The predicted octanol–water partition coefficient (Wildman–Crippen LogP) is 4.31. The Hall–Kier alpha value is -2.64. The molecular formula is C18H13N3S. The summed E-state index contributed by atoms with van der Waals surface area (Å²) in [5, 5.41) is 18.5. The SMILES string of the molecule is N#Cc1cc(-c2ccccc2)nnc1SCc1ccccc1. The van der Waals surface area contributed by atoms with Crippen molar-refractivity contribution in [3.05, 3.63) is 77.9 Å². The minimum absolute atomic E-state index is 0.565.